The van der Waals surface area contributed by atoms with Crippen LogP contribution >= 0.6 is 0 Å². The molecule has 2 aromatic rings. The largest absolute Gasteiger partial charge is 0.397 e. The van der Waals surface area contributed by atoms with Crippen LogP contribution in [-0.4, -0.2) is 17.4 Å². The Labute approximate surface area is 111 Å². The Morgan fingerprint density at radius 3 is 2.95 bits per heavy atom. The van der Waals surface area contributed by atoms with Crippen LogP contribution < -0.4 is 11.1 Å². The van der Waals surface area contributed by atoms with Crippen LogP contribution in [0.15, 0.2) is 42.6 Å². The van der Waals surface area contributed by atoms with Gasteiger partial charge in [-0.3, -0.25) is 4.79 Å². The predicted octanol–water partition coefficient (Wildman–Crippen LogP) is 1.73. The molecular weight excluding hydrogens is 238 g/mol. The molecule has 0 fully saturated rings. The van der Waals surface area contributed by atoms with Crippen molar-refractivity contribution in [3.63, 3.8) is 0 Å². The fourth-order valence-electron chi connectivity index (χ4n) is 2.45. The Bertz CT molecular complexity index is 624. The number of benzene rings is 1. The first-order valence-corrected chi connectivity index (χ1v) is 6.32. The third kappa shape index (κ3) is 2.17. The average Bonchev–Trinajstić information content (AvgIpc) is 2.40. The molecule has 1 atom stereocenters. The second kappa shape index (κ2) is 4.72. The number of hydrogen-bond donors (Lipinski definition) is 2. The minimum absolute atomic E-state index is 0.206. The summed E-state index contributed by atoms with van der Waals surface area (Å²) in [5.41, 5.74) is 9.14. The molecule has 1 aliphatic rings. The maximum Gasteiger partial charge on any atom is 0.272 e. The molecule has 1 aromatic heterocycles. The normalized spacial score (nSPS) is 16.3. The number of aromatic nitrogens is 1. The smallest absolute Gasteiger partial charge is 0.272 e. The van der Waals surface area contributed by atoms with Crippen molar-refractivity contribution < 1.29 is 4.79 Å². The monoisotopic (exact) mass is 253 g/mol. The van der Waals surface area contributed by atoms with Crippen molar-refractivity contribution in [2.75, 3.05) is 12.3 Å². The van der Waals surface area contributed by atoms with Gasteiger partial charge in [-0.15, -0.1) is 0 Å². The van der Waals surface area contributed by atoms with E-state index in [0.717, 1.165) is 6.42 Å². The predicted molar refractivity (Wildman–Crippen MR) is 73.9 cm³/mol. The van der Waals surface area contributed by atoms with E-state index in [0.29, 0.717) is 23.8 Å². The quantitative estimate of drug-likeness (QED) is 0.875. The van der Waals surface area contributed by atoms with Crippen LogP contribution in [0.25, 0.3) is 0 Å². The number of nitrogen functional groups attached to an aromatic ring is 1. The lowest BCUT2D eigenvalue weighted by Crippen LogP contribution is -2.33. The first kappa shape index (κ1) is 11.7. The summed E-state index contributed by atoms with van der Waals surface area (Å²) in [6, 6.07) is 11.7. The Hall–Kier alpha value is -2.36. The van der Waals surface area contributed by atoms with E-state index in [2.05, 4.69) is 22.4 Å². The molecule has 0 saturated carbocycles. The SMILES string of the molecule is Nc1cccnc1C(=O)NCC1Cc2ccccc21. The molecule has 0 spiro atoms. The molecule has 1 aromatic carbocycles. The number of nitrogens with one attached hydrogen (secondary N) is 1. The zero-order valence-electron chi connectivity index (χ0n) is 10.5. The molecule has 4 heteroatoms. The molecule has 0 saturated heterocycles. The van der Waals surface area contributed by atoms with E-state index >= 15 is 0 Å². The second-order valence-electron chi connectivity index (χ2n) is 4.75. The standard InChI is InChI=1S/C15H15N3O/c16-13-6-3-7-17-14(13)15(19)18-9-11-8-10-4-1-2-5-12(10)11/h1-7,11H,8-9,16H2,(H,18,19). The molecular formula is C15H15N3O. The van der Waals surface area contributed by atoms with Crippen molar-refractivity contribution in [2.24, 2.45) is 0 Å². The highest BCUT2D eigenvalue weighted by molar-refractivity contribution is 5.97. The second-order valence-corrected chi connectivity index (χ2v) is 4.75. The zero-order chi connectivity index (χ0) is 13.2. The van der Waals surface area contributed by atoms with Crippen LogP contribution in [-0.2, 0) is 6.42 Å². The van der Waals surface area contributed by atoms with Gasteiger partial charge in [-0.2, -0.15) is 0 Å². The topological polar surface area (TPSA) is 68.0 Å². The van der Waals surface area contributed by atoms with Gasteiger partial charge in [-0.05, 0) is 29.7 Å². The summed E-state index contributed by atoms with van der Waals surface area (Å²) in [7, 11) is 0. The first-order chi connectivity index (χ1) is 9.25. The fraction of sp³-hybridized carbons (Fsp3) is 0.200. The van der Waals surface area contributed by atoms with Gasteiger partial charge in [0.15, 0.2) is 5.69 Å². The summed E-state index contributed by atoms with van der Waals surface area (Å²) in [5.74, 6) is 0.201. The number of rotatable bonds is 3. The Morgan fingerprint density at radius 2 is 2.16 bits per heavy atom. The van der Waals surface area contributed by atoms with E-state index in [9.17, 15) is 4.79 Å². The van der Waals surface area contributed by atoms with Crippen molar-refractivity contribution in [3.05, 3.63) is 59.4 Å². The molecule has 1 unspecified atom stereocenters. The lowest BCUT2D eigenvalue weighted by atomic mass is 9.77. The number of hydrogen-bond acceptors (Lipinski definition) is 3. The van der Waals surface area contributed by atoms with Gasteiger partial charge in [0.05, 0.1) is 5.69 Å². The van der Waals surface area contributed by atoms with Crippen molar-refractivity contribution in [1.29, 1.82) is 0 Å². The Kier molecular flexibility index (Phi) is 2.91. The average molecular weight is 253 g/mol. The van der Waals surface area contributed by atoms with Crippen molar-refractivity contribution in [1.82, 2.24) is 10.3 Å². The molecule has 0 radical (unpaired) electrons. The lowest BCUT2D eigenvalue weighted by Gasteiger charge is -2.30. The van der Waals surface area contributed by atoms with Gasteiger partial charge in [0.2, 0.25) is 0 Å². The van der Waals surface area contributed by atoms with E-state index in [1.165, 1.54) is 11.1 Å². The van der Waals surface area contributed by atoms with Gasteiger partial charge in [0.1, 0.15) is 0 Å². The van der Waals surface area contributed by atoms with E-state index in [1.807, 2.05) is 12.1 Å². The van der Waals surface area contributed by atoms with E-state index in [1.54, 1.807) is 18.3 Å². The van der Waals surface area contributed by atoms with Gasteiger partial charge in [0.25, 0.3) is 5.91 Å². The minimum atomic E-state index is -0.206. The Balaban J connectivity index is 1.63. The molecule has 1 amide bonds. The number of nitrogens with zero attached hydrogens (tertiary/aromatic N) is 1. The Morgan fingerprint density at radius 1 is 1.32 bits per heavy atom. The van der Waals surface area contributed by atoms with E-state index in [-0.39, 0.29) is 5.91 Å². The molecule has 3 N–H and O–H groups in total. The highest BCUT2D eigenvalue weighted by atomic mass is 16.1. The van der Waals surface area contributed by atoms with Gasteiger partial charge in [-0.25, -0.2) is 4.98 Å². The molecule has 96 valence electrons. The van der Waals surface area contributed by atoms with E-state index < -0.39 is 0 Å². The molecule has 19 heavy (non-hydrogen) atoms. The summed E-state index contributed by atoms with van der Waals surface area (Å²) in [5, 5.41) is 2.90. The number of nitrogens with two attached hydrogens (primary N) is 1. The summed E-state index contributed by atoms with van der Waals surface area (Å²) in [4.78, 5) is 16.0. The maximum atomic E-state index is 12.0. The van der Waals surface area contributed by atoms with Crippen LogP contribution in [0, 0.1) is 0 Å². The number of amides is 1. The van der Waals surface area contributed by atoms with Crippen molar-refractivity contribution in [3.8, 4) is 0 Å². The van der Waals surface area contributed by atoms with Crippen LogP contribution in [0.4, 0.5) is 5.69 Å². The molecule has 3 rings (SSSR count). The number of pyridine rings is 1. The van der Waals surface area contributed by atoms with Gasteiger partial charge >= 0.3 is 0 Å². The van der Waals surface area contributed by atoms with Crippen LogP contribution in [0.5, 0.6) is 0 Å². The summed E-state index contributed by atoms with van der Waals surface area (Å²) < 4.78 is 0. The number of fused-ring (bicyclic) bond motifs is 1. The third-order valence-corrected chi connectivity index (χ3v) is 3.52. The van der Waals surface area contributed by atoms with E-state index in [4.69, 9.17) is 5.73 Å². The highest BCUT2D eigenvalue weighted by Crippen LogP contribution is 2.34. The fourth-order valence-corrected chi connectivity index (χ4v) is 2.45. The first-order valence-electron chi connectivity index (χ1n) is 6.32. The molecule has 0 aliphatic heterocycles. The zero-order valence-corrected chi connectivity index (χ0v) is 10.5. The molecule has 1 aliphatic carbocycles. The minimum Gasteiger partial charge on any atom is -0.397 e. The lowest BCUT2D eigenvalue weighted by molar-refractivity contribution is 0.0946. The summed E-state index contributed by atoms with van der Waals surface area (Å²) in [6.45, 7) is 0.631. The number of carbonyl (C=O) groups excluding carboxylic acids is 1. The van der Waals surface area contributed by atoms with Crippen molar-refractivity contribution in [2.45, 2.75) is 12.3 Å². The highest BCUT2D eigenvalue weighted by Gasteiger charge is 2.25. The van der Waals surface area contributed by atoms with Crippen LogP contribution in [0.1, 0.15) is 27.5 Å². The van der Waals surface area contributed by atoms with Gasteiger partial charge in [-0.1, -0.05) is 24.3 Å². The number of anilines is 1. The van der Waals surface area contributed by atoms with Gasteiger partial charge in [0, 0.05) is 18.7 Å². The molecule has 4 nitrogen and oxygen atoms in total. The molecule has 0 bridgehead atoms. The summed E-state index contributed by atoms with van der Waals surface area (Å²) >= 11 is 0. The molecule has 1 heterocycles. The number of carbonyl (C=O) groups is 1. The third-order valence-electron chi connectivity index (χ3n) is 3.52. The van der Waals surface area contributed by atoms with Crippen LogP contribution in [0.3, 0.4) is 0 Å². The van der Waals surface area contributed by atoms with Crippen molar-refractivity contribution >= 4 is 11.6 Å². The summed E-state index contributed by atoms with van der Waals surface area (Å²) in [6.07, 6.45) is 2.60. The maximum absolute atomic E-state index is 12.0. The van der Waals surface area contributed by atoms with Crippen LogP contribution in [0.2, 0.25) is 0 Å². The van der Waals surface area contributed by atoms with Gasteiger partial charge < -0.3 is 11.1 Å².